The molecule has 0 aromatic carbocycles. The topological polar surface area (TPSA) is 31.1 Å². The van der Waals surface area contributed by atoms with Gasteiger partial charge in [0.05, 0.1) is 0 Å². The quantitative estimate of drug-likeness (QED) is 0.502. The molecule has 0 unspecified atom stereocenters. The Kier molecular flexibility index (Phi) is 9.84. The van der Waals surface area contributed by atoms with Crippen molar-refractivity contribution in [2.45, 2.75) is 51.5 Å². The second kappa shape index (κ2) is 11.3. The van der Waals surface area contributed by atoms with Gasteiger partial charge in [0.15, 0.2) is 0 Å². The number of aromatic amines is 1. The minimum atomic E-state index is 0.627. The summed E-state index contributed by atoms with van der Waals surface area (Å²) < 4.78 is 5.64. The van der Waals surface area contributed by atoms with Gasteiger partial charge in [0, 0.05) is 30.1 Å². The number of rotatable bonds is 7. The normalized spacial score (nSPS) is 21.1. The number of hydrogen-bond donors (Lipinski definition) is 2. The van der Waals surface area contributed by atoms with Crippen molar-refractivity contribution in [2.75, 3.05) is 14.1 Å². The molecule has 3 nitrogen and oxygen atoms in total. The first-order valence-electron chi connectivity index (χ1n) is 8.87. The molecular formula is C20H33N3S. The van der Waals surface area contributed by atoms with Gasteiger partial charge in [-0.1, -0.05) is 45.2 Å². The van der Waals surface area contributed by atoms with Gasteiger partial charge in [0.25, 0.3) is 0 Å². The molecule has 0 saturated heterocycles. The molecule has 0 aliphatic heterocycles. The fourth-order valence-corrected chi connectivity index (χ4v) is 3.52. The van der Waals surface area contributed by atoms with E-state index in [2.05, 4.69) is 53.5 Å². The van der Waals surface area contributed by atoms with E-state index in [4.69, 9.17) is 0 Å². The molecule has 1 aliphatic carbocycles. The summed E-state index contributed by atoms with van der Waals surface area (Å²) >= 11 is 1.70. The standard InChI is InChI=1S/C18H27N3S.C2H6/c1-5-7-14(6-2)16-12-18(19-13-16)15-8-10-17(11-9-15)20-22-21(3)4;1-2/h5-7,12-13,15,17,19-20H,1-2,8-11H2,3-4H3;1-2H3/b14-7+;. The Morgan fingerprint density at radius 2 is 1.92 bits per heavy atom. The van der Waals surface area contributed by atoms with Crippen molar-refractivity contribution in [1.82, 2.24) is 14.0 Å². The number of H-pyrrole nitrogens is 1. The van der Waals surface area contributed by atoms with E-state index < -0.39 is 0 Å². The number of hydrogen-bond acceptors (Lipinski definition) is 3. The van der Waals surface area contributed by atoms with Gasteiger partial charge in [0.1, 0.15) is 0 Å². The molecule has 1 saturated carbocycles. The first kappa shape index (κ1) is 20.8. The highest BCUT2D eigenvalue weighted by molar-refractivity contribution is 7.95. The van der Waals surface area contributed by atoms with Crippen LogP contribution in [0.2, 0.25) is 0 Å². The van der Waals surface area contributed by atoms with Crippen LogP contribution >= 0.6 is 12.1 Å². The van der Waals surface area contributed by atoms with Crippen molar-refractivity contribution in [3.05, 3.63) is 54.9 Å². The van der Waals surface area contributed by atoms with Gasteiger partial charge in [0.2, 0.25) is 0 Å². The number of allylic oxidation sites excluding steroid dienone is 4. The minimum Gasteiger partial charge on any atom is -0.364 e. The molecule has 4 heteroatoms. The molecule has 1 aliphatic rings. The third-order valence-corrected chi connectivity index (χ3v) is 4.93. The first-order chi connectivity index (χ1) is 11.6. The summed E-state index contributed by atoms with van der Waals surface area (Å²) in [4.78, 5) is 3.46. The zero-order valence-corrected chi connectivity index (χ0v) is 16.5. The van der Waals surface area contributed by atoms with Gasteiger partial charge in [-0.15, -0.1) is 0 Å². The van der Waals surface area contributed by atoms with Crippen molar-refractivity contribution in [1.29, 1.82) is 0 Å². The van der Waals surface area contributed by atoms with Gasteiger partial charge in [-0.25, -0.2) is 9.03 Å². The summed E-state index contributed by atoms with van der Waals surface area (Å²) in [5, 5.41) is 0. The third-order valence-electron chi connectivity index (χ3n) is 4.12. The minimum absolute atomic E-state index is 0.627. The molecule has 1 fully saturated rings. The summed E-state index contributed by atoms with van der Waals surface area (Å²) in [5.41, 5.74) is 3.68. The van der Waals surface area contributed by atoms with Gasteiger partial charge >= 0.3 is 0 Å². The molecule has 0 atom stereocenters. The third kappa shape index (κ3) is 6.34. The maximum absolute atomic E-state index is 3.88. The summed E-state index contributed by atoms with van der Waals surface area (Å²) in [6, 6.07) is 2.90. The molecule has 0 radical (unpaired) electrons. The van der Waals surface area contributed by atoms with Crippen LogP contribution in [0.25, 0.3) is 5.57 Å². The summed E-state index contributed by atoms with van der Waals surface area (Å²) in [6.07, 6.45) is 12.7. The van der Waals surface area contributed by atoms with E-state index in [1.807, 2.05) is 32.1 Å². The molecule has 0 bridgehead atoms. The van der Waals surface area contributed by atoms with Crippen molar-refractivity contribution in [3.63, 3.8) is 0 Å². The van der Waals surface area contributed by atoms with Gasteiger partial charge in [-0.2, -0.15) is 0 Å². The predicted molar refractivity (Wildman–Crippen MR) is 110 cm³/mol. The maximum atomic E-state index is 3.88. The molecule has 1 aromatic heterocycles. The number of nitrogens with one attached hydrogen (secondary N) is 2. The van der Waals surface area contributed by atoms with Crippen LogP contribution in [0.5, 0.6) is 0 Å². The Bertz CT molecular complexity index is 523. The van der Waals surface area contributed by atoms with Crippen LogP contribution in [-0.2, 0) is 0 Å². The van der Waals surface area contributed by atoms with Crippen molar-refractivity contribution >= 4 is 17.7 Å². The van der Waals surface area contributed by atoms with Crippen molar-refractivity contribution in [3.8, 4) is 0 Å². The van der Waals surface area contributed by atoms with Gasteiger partial charge < -0.3 is 4.98 Å². The largest absolute Gasteiger partial charge is 0.364 e. The monoisotopic (exact) mass is 347 g/mol. The molecule has 1 heterocycles. The molecule has 0 spiro atoms. The number of aromatic nitrogens is 1. The molecule has 134 valence electrons. The van der Waals surface area contributed by atoms with E-state index in [-0.39, 0.29) is 0 Å². The van der Waals surface area contributed by atoms with Crippen molar-refractivity contribution < 1.29 is 0 Å². The Morgan fingerprint density at radius 1 is 1.25 bits per heavy atom. The van der Waals surface area contributed by atoms with Crippen LogP contribution in [0.1, 0.15) is 56.7 Å². The number of nitrogens with zero attached hydrogens (tertiary/aromatic N) is 1. The lowest BCUT2D eigenvalue weighted by Crippen LogP contribution is -2.30. The van der Waals surface area contributed by atoms with Crippen LogP contribution in [0.3, 0.4) is 0 Å². The van der Waals surface area contributed by atoms with Crippen LogP contribution in [0, 0.1) is 0 Å². The first-order valence-corrected chi connectivity index (χ1v) is 9.65. The van der Waals surface area contributed by atoms with Crippen LogP contribution < -0.4 is 4.72 Å². The van der Waals surface area contributed by atoms with Crippen molar-refractivity contribution in [2.24, 2.45) is 0 Å². The average Bonchev–Trinajstić information content (AvgIpc) is 3.10. The Balaban J connectivity index is 0.00000139. The molecule has 2 rings (SSSR count). The molecule has 2 N–H and O–H groups in total. The molecular weight excluding hydrogens is 314 g/mol. The second-order valence-corrected chi connectivity index (χ2v) is 7.12. The average molecular weight is 348 g/mol. The highest BCUT2D eigenvalue weighted by atomic mass is 32.2. The van der Waals surface area contributed by atoms with Gasteiger partial charge in [-0.05, 0) is 62.9 Å². The van der Waals surface area contributed by atoms with E-state index in [1.165, 1.54) is 36.9 Å². The summed E-state index contributed by atoms with van der Waals surface area (Å²) in [7, 11) is 4.13. The van der Waals surface area contributed by atoms with Crippen LogP contribution in [0.4, 0.5) is 0 Å². The van der Waals surface area contributed by atoms with Crippen LogP contribution in [0.15, 0.2) is 43.6 Å². The maximum Gasteiger partial charge on any atom is 0.0185 e. The lowest BCUT2D eigenvalue weighted by Gasteiger charge is -2.29. The second-order valence-electron chi connectivity index (χ2n) is 5.98. The Morgan fingerprint density at radius 3 is 2.46 bits per heavy atom. The van der Waals surface area contributed by atoms with Crippen LogP contribution in [-0.4, -0.2) is 29.4 Å². The Hall–Kier alpha value is -1.23. The highest BCUT2D eigenvalue weighted by Crippen LogP contribution is 2.34. The lowest BCUT2D eigenvalue weighted by atomic mass is 9.84. The fourth-order valence-electron chi connectivity index (χ4n) is 2.93. The molecule has 0 amide bonds. The smallest absolute Gasteiger partial charge is 0.0185 e. The highest BCUT2D eigenvalue weighted by Gasteiger charge is 2.23. The van der Waals surface area contributed by atoms with E-state index in [0.29, 0.717) is 12.0 Å². The van der Waals surface area contributed by atoms with E-state index in [9.17, 15) is 0 Å². The summed E-state index contributed by atoms with van der Waals surface area (Å²) in [5.74, 6) is 0.644. The predicted octanol–water partition coefficient (Wildman–Crippen LogP) is 5.54. The molecule has 24 heavy (non-hydrogen) atoms. The fraction of sp³-hybridized carbons (Fsp3) is 0.500. The molecule has 1 aromatic rings. The SMILES string of the molecule is C=C/C=C(\C=C)c1c[nH]c(C2CCC(NSN(C)C)CC2)c1.CC. The zero-order chi connectivity index (χ0) is 17.9. The lowest BCUT2D eigenvalue weighted by molar-refractivity contribution is 0.376. The van der Waals surface area contributed by atoms with E-state index in [0.717, 1.165) is 5.57 Å². The van der Waals surface area contributed by atoms with E-state index in [1.54, 1.807) is 12.1 Å². The van der Waals surface area contributed by atoms with Gasteiger partial charge in [-0.3, -0.25) is 0 Å². The summed E-state index contributed by atoms with van der Waals surface area (Å²) in [6.45, 7) is 11.6. The van der Waals surface area contributed by atoms with E-state index >= 15 is 0 Å². The Labute approximate surface area is 152 Å². The zero-order valence-electron chi connectivity index (χ0n) is 15.6.